The highest BCUT2D eigenvalue weighted by molar-refractivity contribution is 5.79. The van der Waals surface area contributed by atoms with Gasteiger partial charge in [-0.1, -0.05) is 42.0 Å². The summed E-state index contributed by atoms with van der Waals surface area (Å²) in [6.45, 7) is 11.2. The number of nitrogens with zero attached hydrogens (tertiary/aromatic N) is 2. The zero-order valence-corrected chi connectivity index (χ0v) is 21.4. The first-order valence-electron chi connectivity index (χ1n) is 13.0. The number of hydrogen-bond acceptors (Lipinski definition) is 5. The highest BCUT2D eigenvalue weighted by atomic mass is 16.7. The Morgan fingerprint density at radius 3 is 2.26 bits per heavy atom. The summed E-state index contributed by atoms with van der Waals surface area (Å²) >= 11 is 0. The van der Waals surface area contributed by atoms with Crippen LogP contribution in [0.3, 0.4) is 0 Å². The molecule has 0 saturated carbocycles. The topological polar surface area (TPSA) is 51.2 Å². The molecule has 35 heavy (non-hydrogen) atoms. The second kappa shape index (κ2) is 12.5. The summed E-state index contributed by atoms with van der Waals surface area (Å²) < 4.78 is 16.9. The highest BCUT2D eigenvalue weighted by Gasteiger charge is 2.29. The van der Waals surface area contributed by atoms with E-state index in [-0.39, 0.29) is 24.3 Å². The normalized spacial score (nSPS) is 17.7. The Hall–Kier alpha value is -2.41. The fourth-order valence-corrected chi connectivity index (χ4v) is 4.86. The van der Waals surface area contributed by atoms with Crippen LogP contribution in [0.2, 0.25) is 0 Å². The second-order valence-corrected chi connectivity index (χ2v) is 10.0. The van der Waals surface area contributed by atoms with Gasteiger partial charge in [-0.05, 0) is 56.9 Å². The van der Waals surface area contributed by atoms with Crippen LogP contribution >= 0.6 is 0 Å². The number of amides is 1. The third-order valence-corrected chi connectivity index (χ3v) is 6.81. The maximum Gasteiger partial charge on any atom is 0.227 e. The van der Waals surface area contributed by atoms with E-state index in [2.05, 4.69) is 41.0 Å². The van der Waals surface area contributed by atoms with Gasteiger partial charge in [0.15, 0.2) is 6.29 Å². The minimum absolute atomic E-state index is 0.0512. The van der Waals surface area contributed by atoms with Gasteiger partial charge in [-0.3, -0.25) is 4.79 Å². The van der Waals surface area contributed by atoms with E-state index in [1.165, 1.54) is 11.1 Å². The van der Waals surface area contributed by atoms with Crippen LogP contribution in [0.25, 0.3) is 0 Å². The Balaban J connectivity index is 1.38. The molecule has 4 rings (SSSR count). The predicted molar refractivity (Wildman–Crippen MR) is 137 cm³/mol. The average Bonchev–Trinajstić information content (AvgIpc) is 3.37. The molecule has 0 aromatic heterocycles. The van der Waals surface area contributed by atoms with Crippen LogP contribution in [-0.2, 0) is 27.2 Å². The summed E-state index contributed by atoms with van der Waals surface area (Å²) in [5.41, 5.74) is 3.44. The number of aryl methyl sites for hydroxylation is 1. The Labute approximate surface area is 210 Å². The van der Waals surface area contributed by atoms with Crippen molar-refractivity contribution in [3.63, 3.8) is 0 Å². The molecule has 0 atom stereocenters. The summed E-state index contributed by atoms with van der Waals surface area (Å²) in [5, 5.41) is 0. The van der Waals surface area contributed by atoms with Crippen molar-refractivity contribution in [1.29, 1.82) is 0 Å². The number of rotatable bonds is 10. The monoisotopic (exact) mass is 480 g/mol. The van der Waals surface area contributed by atoms with E-state index in [1.54, 1.807) is 0 Å². The minimum Gasteiger partial charge on any atom is -0.491 e. The molecule has 0 N–H and O–H groups in total. The van der Waals surface area contributed by atoms with Crippen molar-refractivity contribution in [1.82, 2.24) is 9.80 Å². The van der Waals surface area contributed by atoms with Crippen LogP contribution < -0.4 is 4.74 Å². The molecule has 6 heteroatoms. The van der Waals surface area contributed by atoms with Crippen LogP contribution in [0.15, 0.2) is 48.5 Å². The van der Waals surface area contributed by atoms with Crippen LogP contribution in [0.5, 0.6) is 5.75 Å². The van der Waals surface area contributed by atoms with Crippen molar-refractivity contribution in [2.24, 2.45) is 0 Å². The number of piperidine rings is 1. The largest absolute Gasteiger partial charge is 0.491 e. The Morgan fingerprint density at radius 2 is 1.63 bits per heavy atom. The number of carbonyl (C=O) groups is 1. The SMILES string of the molecule is Cc1ccc(CN(C(=O)Cc2ccc(OC(C)C)cc2)C2CCN(CCC3OCCO3)CC2)cc1. The molecular formula is C29H40N2O4. The van der Waals surface area contributed by atoms with E-state index in [4.69, 9.17) is 14.2 Å². The summed E-state index contributed by atoms with van der Waals surface area (Å²) in [6.07, 6.45) is 3.38. The fraction of sp³-hybridized carbons (Fsp3) is 0.552. The molecule has 0 bridgehead atoms. The van der Waals surface area contributed by atoms with Crippen LogP contribution in [0.4, 0.5) is 0 Å². The van der Waals surface area contributed by atoms with Crippen LogP contribution in [-0.4, -0.2) is 67.0 Å². The van der Waals surface area contributed by atoms with E-state index in [0.717, 1.165) is 50.2 Å². The van der Waals surface area contributed by atoms with Gasteiger partial charge < -0.3 is 24.0 Å². The number of hydrogen-bond donors (Lipinski definition) is 0. The molecule has 2 aliphatic heterocycles. The maximum absolute atomic E-state index is 13.6. The first-order chi connectivity index (χ1) is 17.0. The first-order valence-corrected chi connectivity index (χ1v) is 13.0. The van der Waals surface area contributed by atoms with E-state index >= 15 is 0 Å². The predicted octanol–water partition coefficient (Wildman–Crippen LogP) is 4.58. The fourth-order valence-electron chi connectivity index (χ4n) is 4.86. The minimum atomic E-state index is -0.0512. The molecule has 2 aromatic rings. The lowest BCUT2D eigenvalue weighted by atomic mass is 10.00. The van der Waals surface area contributed by atoms with Gasteiger partial charge in [0.1, 0.15) is 5.75 Å². The molecule has 0 unspecified atom stereocenters. The van der Waals surface area contributed by atoms with Gasteiger partial charge in [-0.2, -0.15) is 0 Å². The van der Waals surface area contributed by atoms with E-state index in [0.29, 0.717) is 26.2 Å². The first kappa shape index (κ1) is 25.7. The lowest BCUT2D eigenvalue weighted by Crippen LogP contribution is -2.48. The van der Waals surface area contributed by atoms with Crippen molar-refractivity contribution >= 4 is 5.91 Å². The van der Waals surface area contributed by atoms with Crippen molar-refractivity contribution in [3.05, 3.63) is 65.2 Å². The summed E-state index contributed by atoms with van der Waals surface area (Å²) in [4.78, 5) is 18.2. The third-order valence-electron chi connectivity index (χ3n) is 6.81. The van der Waals surface area contributed by atoms with Crippen LogP contribution in [0, 0.1) is 6.92 Å². The Bertz CT molecular complexity index is 915. The summed E-state index contributed by atoms with van der Waals surface area (Å²) in [6, 6.07) is 16.7. The molecule has 0 spiro atoms. The molecule has 190 valence electrons. The maximum atomic E-state index is 13.6. The van der Waals surface area contributed by atoms with Crippen molar-refractivity contribution in [2.45, 2.75) is 71.4 Å². The van der Waals surface area contributed by atoms with Crippen molar-refractivity contribution < 1.29 is 19.0 Å². The van der Waals surface area contributed by atoms with Gasteiger partial charge in [0, 0.05) is 38.6 Å². The van der Waals surface area contributed by atoms with Gasteiger partial charge in [0.25, 0.3) is 0 Å². The number of carbonyl (C=O) groups excluding carboxylic acids is 1. The Kier molecular flexibility index (Phi) is 9.18. The zero-order valence-electron chi connectivity index (χ0n) is 21.4. The standard InChI is InChI=1S/C29H40N2O4/c1-22(2)35-27-10-8-24(9-11-27)20-28(32)31(21-25-6-4-23(3)5-7-25)26-12-15-30(16-13-26)17-14-29-33-18-19-34-29/h4-11,22,26,29H,12-21H2,1-3H3. The van der Waals surface area contributed by atoms with Gasteiger partial charge in [0.05, 0.1) is 25.7 Å². The quantitative estimate of drug-likeness (QED) is 0.498. The molecule has 0 aliphatic carbocycles. The number of ether oxygens (including phenoxy) is 3. The molecule has 2 heterocycles. The lowest BCUT2D eigenvalue weighted by Gasteiger charge is -2.39. The molecule has 2 aromatic carbocycles. The summed E-state index contributed by atoms with van der Waals surface area (Å²) in [7, 11) is 0. The summed E-state index contributed by atoms with van der Waals surface area (Å²) in [5.74, 6) is 1.03. The van der Waals surface area contributed by atoms with E-state index in [1.807, 2.05) is 38.1 Å². The van der Waals surface area contributed by atoms with Gasteiger partial charge in [-0.15, -0.1) is 0 Å². The number of likely N-dealkylation sites (tertiary alicyclic amines) is 1. The van der Waals surface area contributed by atoms with Gasteiger partial charge in [0.2, 0.25) is 5.91 Å². The molecule has 6 nitrogen and oxygen atoms in total. The van der Waals surface area contributed by atoms with Gasteiger partial charge >= 0.3 is 0 Å². The second-order valence-electron chi connectivity index (χ2n) is 10.0. The molecule has 2 fully saturated rings. The van der Waals surface area contributed by atoms with E-state index in [9.17, 15) is 4.79 Å². The number of benzene rings is 2. The zero-order chi connectivity index (χ0) is 24.6. The van der Waals surface area contributed by atoms with Crippen molar-refractivity contribution in [2.75, 3.05) is 32.8 Å². The lowest BCUT2D eigenvalue weighted by molar-refractivity contribution is -0.134. The van der Waals surface area contributed by atoms with Gasteiger partial charge in [-0.25, -0.2) is 0 Å². The highest BCUT2D eigenvalue weighted by Crippen LogP contribution is 2.22. The molecular weight excluding hydrogens is 440 g/mol. The van der Waals surface area contributed by atoms with Crippen LogP contribution in [0.1, 0.15) is 49.8 Å². The molecule has 0 radical (unpaired) electrons. The molecule has 1 amide bonds. The Morgan fingerprint density at radius 1 is 1.00 bits per heavy atom. The third kappa shape index (κ3) is 7.79. The smallest absolute Gasteiger partial charge is 0.227 e. The van der Waals surface area contributed by atoms with Crippen molar-refractivity contribution in [3.8, 4) is 5.75 Å². The van der Waals surface area contributed by atoms with E-state index < -0.39 is 0 Å². The molecule has 2 aliphatic rings. The molecule has 2 saturated heterocycles. The average molecular weight is 481 g/mol.